The van der Waals surface area contributed by atoms with Crippen LogP contribution in [0.2, 0.25) is 5.02 Å². The molecule has 1 aliphatic rings. The molecule has 46 heavy (non-hydrogen) atoms. The van der Waals surface area contributed by atoms with Crippen molar-refractivity contribution in [1.29, 1.82) is 0 Å². The Balaban J connectivity index is 1.21. The number of aliphatic imine (C=N–C) groups is 1. The molecule has 1 unspecified atom stereocenters. The fourth-order valence-electron chi connectivity index (χ4n) is 4.85. The van der Waals surface area contributed by atoms with E-state index < -0.39 is 24.0 Å². The highest BCUT2D eigenvalue weighted by Gasteiger charge is 2.32. The molecule has 4 N–H and O–H groups in total. The molecule has 5 rings (SSSR count). The molecule has 0 saturated heterocycles. The standard InChI is InChI=1S/C32H32ClN7O5S/c1-17-18(2)46-31-27(17)28(20-6-8-21(33)9-7-20)37-24(29-39-38-19(3)40(29)31)16-26(41)35-14-5-15-36-30(42)25-13-11-22(45-25)10-12-23(34)32(43)44-4/h6-9,11,13,23-24H,5,14-16,34H2,1-4H3,(H,35,41)(H,36,42)/t23?,24-/m0/s1. The summed E-state index contributed by atoms with van der Waals surface area (Å²) in [4.78, 5) is 43.3. The number of benzene rings is 1. The molecular weight excluding hydrogens is 630 g/mol. The van der Waals surface area contributed by atoms with Crippen molar-refractivity contribution in [2.45, 2.75) is 45.7 Å². The van der Waals surface area contributed by atoms with Crippen LogP contribution in [-0.4, -0.2) is 64.5 Å². The molecule has 1 aromatic carbocycles. The number of amides is 2. The van der Waals surface area contributed by atoms with Crippen LogP contribution in [0, 0.1) is 32.6 Å². The number of esters is 1. The predicted molar refractivity (Wildman–Crippen MR) is 173 cm³/mol. The number of aromatic nitrogens is 3. The van der Waals surface area contributed by atoms with E-state index >= 15 is 0 Å². The van der Waals surface area contributed by atoms with Gasteiger partial charge in [-0.25, -0.2) is 4.79 Å². The lowest BCUT2D eigenvalue weighted by Gasteiger charge is -2.13. The van der Waals surface area contributed by atoms with Gasteiger partial charge in [-0.05, 0) is 62.9 Å². The number of hydrogen-bond acceptors (Lipinski definition) is 10. The number of carbonyl (C=O) groups is 3. The highest BCUT2D eigenvalue weighted by molar-refractivity contribution is 7.15. The monoisotopic (exact) mass is 661 g/mol. The molecule has 0 bridgehead atoms. The summed E-state index contributed by atoms with van der Waals surface area (Å²) in [5, 5.41) is 16.0. The molecule has 2 atom stereocenters. The molecule has 238 valence electrons. The van der Waals surface area contributed by atoms with Crippen LogP contribution >= 0.6 is 22.9 Å². The zero-order valence-corrected chi connectivity index (χ0v) is 27.2. The van der Waals surface area contributed by atoms with E-state index in [2.05, 4.69) is 51.3 Å². The average Bonchev–Trinajstić information content (AvgIpc) is 3.73. The normalized spacial score (nSPS) is 14.1. The number of carbonyl (C=O) groups excluding carboxylic acids is 3. The van der Waals surface area contributed by atoms with Crippen molar-refractivity contribution in [2.75, 3.05) is 20.2 Å². The lowest BCUT2D eigenvalue weighted by molar-refractivity contribution is -0.140. The average molecular weight is 662 g/mol. The highest BCUT2D eigenvalue weighted by atomic mass is 35.5. The van der Waals surface area contributed by atoms with Crippen LogP contribution in [-0.2, 0) is 14.3 Å². The molecule has 4 heterocycles. The minimum atomic E-state index is -1.12. The number of ether oxygens (including phenoxy) is 1. The van der Waals surface area contributed by atoms with Crippen LogP contribution in [0.15, 0.2) is 45.8 Å². The second-order valence-corrected chi connectivity index (χ2v) is 12.1. The number of nitrogens with one attached hydrogen (secondary N) is 2. The van der Waals surface area contributed by atoms with Crippen molar-refractivity contribution >= 4 is 46.4 Å². The Kier molecular flexibility index (Phi) is 10.0. The summed E-state index contributed by atoms with van der Waals surface area (Å²) in [6, 6.07) is 8.79. The molecule has 4 aromatic rings. The summed E-state index contributed by atoms with van der Waals surface area (Å²) in [7, 11) is 1.21. The van der Waals surface area contributed by atoms with Crippen molar-refractivity contribution in [1.82, 2.24) is 25.4 Å². The van der Waals surface area contributed by atoms with Crippen molar-refractivity contribution in [2.24, 2.45) is 10.7 Å². The number of nitrogens with zero attached hydrogens (tertiary/aromatic N) is 4. The van der Waals surface area contributed by atoms with Gasteiger partial charge < -0.3 is 25.5 Å². The topological polar surface area (TPSA) is 167 Å². The molecular formula is C32H32ClN7O5S. The Bertz CT molecular complexity index is 1880. The Morgan fingerprint density at radius 1 is 1.11 bits per heavy atom. The molecule has 3 aromatic heterocycles. The second-order valence-electron chi connectivity index (χ2n) is 10.5. The third-order valence-electron chi connectivity index (χ3n) is 7.33. The van der Waals surface area contributed by atoms with Gasteiger partial charge in [0.05, 0.1) is 19.2 Å². The van der Waals surface area contributed by atoms with E-state index in [4.69, 9.17) is 26.7 Å². The number of furan rings is 1. The highest BCUT2D eigenvalue weighted by Crippen LogP contribution is 2.39. The Hall–Kier alpha value is -4.77. The van der Waals surface area contributed by atoms with E-state index in [1.54, 1.807) is 11.3 Å². The van der Waals surface area contributed by atoms with E-state index in [0.29, 0.717) is 36.2 Å². The van der Waals surface area contributed by atoms with Crippen molar-refractivity contribution in [3.63, 3.8) is 0 Å². The molecule has 0 saturated carbocycles. The van der Waals surface area contributed by atoms with Crippen molar-refractivity contribution < 1.29 is 23.5 Å². The molecule has 1 aliphatic heterocycles. The fraction of sp³-hybridized carbons (Fsp3) is 0.312. The Labute approximate surface area is 274 Å². The van der Waals surface area contributed by atoms with Gasteiger partial charge in [-0.1, -0.05) is 29.7 Å². The summed E-state index contributed by atoms with van der Waals surface area (Å²) in [5.74, 6) is 5.33. The first-order chi connectivity index (χ1) is 22.1. The smallest absolute Gasteiger partial charge is 0.335 e. The van der Waals surface area contributed by atoms with Crippen molar-refractivity contribution in [3.8, 4) is 16.8 Å². The minimum absolute atomic E-state index is 0.0565. The first-order valence-electron chi connectivity index (χ1n) is 14.4. The van der Waals surface area contributed by atoms with Gasteiger partial charge in [-0.15, -0.1) is 21.5 Å². The minimum Gasteiger partial charge on any atom is -0.467 e. The lowest BCUT2D eigenvalue weighted by atomic mass is 9.99. The summed E-state index contributed by atoms with van der Waals surface area (Å²) < 4.78 is 11.9. The number of methoxy groups -OCH3 is 1. The first kappa shape index (κ1) is 32.6. The van der Waals surface area contributed by atoms with E-state index in [0.717, 1.165) is 32.3 Å². The molecule has 0 fully saturated rings. The molecule has 0 spiro atoms. The van der Waals surface area contributed by atoms with E-state index in [-0.39, 0.29) is 23.8 Å². The Morgan fingerprint density at radius 3 is 2.59 bits per heavy atom. The van der Waals surface area contributed by atoms with Gasteiger partial charge in [0.25, 0.3) is 5.91 Å². The van der Waals surface area contributed by atoms with E-state index in [1.165, 1.54) is 19.2 Å². The molecule has 14 heteroatoms. The van der Waals surface area contributed by atoms with Crippen LogP contribution in [0.5, 0.6) is 0 Å². The molecule has 2 amide bonds. The van der Waals surface area contributed by atoms with Crippen LogP contribution in [0.25, 0.3) is 5.00 Å². The molecule has 0 radical (unpaired) electrons. The van der Waals surface area contributed by atoms with E-state index in [1.807, 2.05) is 35.8 Å². The van der Waals surface area contributed by atoms with Crippen LogP contribution in [0.1, 0.15) is 68.4 Å². The maximum Gasteiger partial charge on any atom is 0.335 e. The zero-order valence-electron chi connectivity index (χ0n) is 25.6. The number of fused-ring (bicyclic) bond motifs is 3. The summed E-state index contributed by atoms with van der Waals surface area (Å²) in [5.41, 5.74) is 9.36. The van der Waals surface area contributed by atoms with Gasteiger partial charge in [0.1, 0.15) is 16.9 Å². The number of nitrogens with two attached hydrogens (primary N) is 1. The molecule has 12 nitrogen and oxygen atoms in total. The predicted octanol–water partition coefficient (Wildman–Crippen LogP) is 3.57. The maximum absolute atomic E-state index is 13.1. The van der Waals surface area contributed by atoms with Crippen molar-refractivity contribution in [3.05, 3.63) is 86.2 Å². The number of aryl methyl sites for hydroxylation is 2. The third kappa shape index (κ3) is 7.04. The summed E-state index contributed by atoms with van der Waals surface area (Å²) in [6.07, 6.45) is 0.540. The summed E-state index contributed by atoms with van der Waals surface area (Å²) in [6.45, 7) is 6.66. The van der Waals surface area contributed by atoms with Gasteiger partial charge in [-0.3, -0.25) is 19.1 Å². The number of hydrogen-bond donors (Lipinski definition) is 3. The maximum atomic E-state index is 13.1. The first-order valence-corrected chi connectivity index (χ1v) is 15.6. The SMILES string of the molecule is COC(=O)C(N)C#Cc1ccc(C(=O)NCCCNC(=O)C[C@@H]2N=C(c3ccc(Cl)cc3)c3c(sc(C)c3C)-n3c(C)nnc32)o1. The third-order valence-corrected chi connectivity index (χ3v) is 8.78. The second kappa shape index (κ2) is 14.1. The van der Waals surface area contributed by atoms with Gasteiger partial charge in [0.15, 0.2) is 23.4 Å². The van der Waals surface area contributed by atoms with Gasteiger partial charge >= 0.3 is 5.97 Å². The fourth-order valence-corrected chi connectivity index (χ4v) is 6.19. The quantitative estimate of drug-likeness (QED) is 0.139. The number of rotatable bonds is 9. The number of thiophene rings is 1. The van der Waals surface area contributed by atoms with Crippen LogP contribution < -0.4 is 16.4 Å². The van der Waals surface area contributed by atoms with Gasteiger partial charge in [-0.2, -0.15) is 0 Å². The van der Waals surface area contributed by atoms with E-state index in [9.17, 15) is 14.4 Å². The van der Waals surface area contributed by atoms with Crippen LogP contribution in [0.4, 0.5) is 0 Å². The largest absolute Gasteiger partial charge is 0.467 e. The molecule has 0 aliphatic carbocycles. The Morgan fingerprint density at radius 2 is 1.85 bits per heavy atom. The number of halogens is 1. The van der Waals surface area contributed by atoms with Crippen LogP contribution in [0.3, 0.4) is 0 Å². The zero-order chi connectivity index (χ0) is 33.0. The van der Waals surface area contributed by atoms with Gasteiger partial charge in [0, 0.05) is 34.1 Å². The summed E-state index contributed by atoms with van der Waals surface area (Å²) >= 11 is 7.83. The van der Waals surface area contributed by atoms with Gasteiger partial charge in [0.2, 0.25) is 5.91 Å². The lowest BCUT2D eigenvalue weighted by Crippen LogP contribution is -2.30.